The van der Waals surface area contributed by atoms with Gasteiger partial charge in [0.15, 0.2) is 0 Å². The second-order valence-electron chi connectivity index (χ2n) is 4.68. The minimum Gasteiger partial charge on any atom is -0.379 e. The van der Waals surface area contributed by atoms with E-state index < -0.39 is 0 Å². The van der Waals surface area contributed by atoms with Crippen molar-refractivity contribution in [2.75, 3.05) is 39.5 Å². The molecule has 2 heterocycles. The Balaban J connectivity index is 1.88. The zero-order chi connectivity index (χ0) is 10.7. The summed E-state index contributed by atoms with van der Waals surface area (Å²) in [6.45, 7) is 9.92. The summed E-state index contributed by atoms with van der Waals surface area (Å²) in [6.07, 6.45) is 0. The van der Waals surface area contributed by atoms with E-state index in [9.17, 15) is 0 Å². The summed E-state index contributed by atoms with van der Waals surface area (Å²) in [7, 11) is 0. The maximum Gasteiger partial charge on any atom is 0.0638 e. The quantitative estimate of drug-likeness (QED) is 0.721. The maximum atomic E-state index is 5.58. The molecule has 2 fully saturated rings. The lowest BCUT2D eigenvalue weighted by Crippen LogP contribution is -2.54. The first-order chi connectivity index (χ1) is 7.27. The molecule has 0 aromatic heterocycles. The van der Waals surface area contributed by atoms with Crippen LogP contribution in [-0.2, 0) is 9.47 Å². The van der Waals surface area contributed by atoms with Crippen molar-refractivity contribution in [1.29, 1.82) is 0 Å². The zero-order valence-electron chi connectivity index (χ0n) is 9.74. The molecule has 0 aliphatic carbocycles. The molecule has 0 amide bonds. The number of rotatable bonds is 3. The fourth-order valence-electron chi connectivity index (χ4n) is 2.40. The van der Waals surface area contributed by atoms with E-state index in [0.29, 0.717) is 18.1 Å². The lowest BCUT2D eigenvalue weighted by molar-refractivity contribution is 0.0103. The first-order valence-electron chi connectivity index (χ1n) is 5.93. The highest BCUT2D eigenvalue weighted by molar-refractivity contribution is 4.90. The Morgan fingerprint density at radius 2 is 1.87 bits per heavy atom. The van der Waals surface area contributed by atoms with Crippen molar-refractivity contribution in [3.05, 3.63) is 0 Å². The molecule has 2 unspecified atom stereocenters. The van der Waals surface area contributed by atoms with E-state index in [4.69, 9.17) is 9.47 Å². The lowest BCUT2D eigenvalue weighted by Gasteiger charge is -2.35. The molecule has 0 saturated carbocycles. The van der Waals surface area contributed by atoms with Gasteiger partial charge in [-0.05, 0) is 0 Å². The molecule has 2 rings (SSSR count). The standard InChI is InChI=1S/C11H22N2O2/c1-9(2)12-10-7-15-8-11(10)13-3-5-14-6-4-13/h9-12H,3-8H2,1-2H3. The normalized spacial score (nSPS) is 33.8. The van der Waals surface area contributed by atoms with Crippen LogP contribution < -0.4 is 5.32 Å². The monoisotopic (exact) mass is 214 g/mol. The van der Waals surface area contributed by atoms with Gasteiger partial charge in [-0.1, -0.05) is 13.8 Å². The van der Waals surface area contributed by atoms with Crippen LogP contribution in [0.3, 0.4) is 0 Å². The number of morpholine rings is 1. The first-order valence-corrected chi connectivity index (χ1v) is 5.93. The maximum absolute atomic E-state index is 5.58. The third kappa shape index (κ3) is 2.91. The van der Waals surface area contributed by atoms with Gasteiger partial charge in [-0.15, -0.1) is 0 Å². The molecular formula is C11H22N2O2. The van der Waals surface area contributed by atoms with E-state index >= 15 is 0 Å². The summed E-state index contributed by atoms with van der Waals surface area (Å²) < 4.78 is 11.0. The molecule has 1 N–H and O–H groups in total. The predicted molar refractivity (Wildman–Crippen MR) is 59.1 cm³/mol. The second-order valence-corrected chi connectivity index (χ2v) is 4.68. The number of nitrogens with one attached hydrogen (secondary N) is 1. The molecule has 0 bridgehead atoms. The Kier molecular flexibility index (Phi) is 3.97. The third-order valence-electron chi connectivity index (χ3n) is 3.11. The van der Waals surface area contributed by atoms with Crippen molar-refractivity contribution in [2.24, 2.45) is 0 Å². The predicted octanol–water partition coefficient (Wildman–Crippen LogP) is 0.0840. The molecule has 0 aromatic rings. The van der Waals surface area contributed by atoms with Gasteiger partial charge < -0.3 is 14.8 Å². The SMILES string of the molecule is CC(C)NC1COCC1N1CCOCC1. The molecule has 0 spiro atoms. The van der Waals surface area contributed by atoms with Crippen LogP contribution >= 0.6 is 0 Å². The van der Waals surface area contributed by atoms with Gasteiger partial charge >= 0.3 is 0 Å². The first kappa shape index (κ1) is 11.3. The average Bonchev–Trinajstić information content (AvgIpc) is 2.66. The molecule has 15 heavy (non-hydrogen) atoms. The second kappa shape index (κ2) is 5.25. The van der Waals surface area contributed by atoms with Crippen molar-refractivity contribution in [3.8, 4) is 0 Å². The van der Waals surface area contributed by atoms with Crippen molar-refractivity contribution in [2.45, 2.75) is 32.0 Å². The van der Waals surface area contributed by atoms with Crippen LogP contribution in [0, 0.1) is 0 Å². The minimum atomic E-state index is 0.489. The van der Waals surface area contributed by atoms with Crippen molar-refractivity contribution < 1.29 is 9.47 Å². The summed E-state index contributed by atoms with van der Waals surface area (Å²) in [5.41, 5.74) is 0. The average molecular weight is 214 g/mol. The highest BCUT2D eigenvalue weighted by Gasteiger charge is 2.33. The molecule has 2 aliphatic heterocycles. The van der Waals surface area contributed by atoms with E-state index in [0.717, 1.165) is 39.5 Å². The summed E-state index contributed by atoms with van der Waals surface area (Å²) in [6, 6.07) is 1.56. The molecule has 2 atom stereocenters. The lowest BCUT2D eigenvalue weighted by atomic mass is 10.1. The Bertz CT molecular complexity index is 193. The largest absolute Gasteiger partial charge is 0.379 e. The van der Waals surface area contributed by atoms with E-state index in [1.807, 2.05) is 0 Å². The van der Waals surface area contributed by atoms with Crippen molar-refractivity contribution >= 4 is 0 Å². The Morgan fingerprint density at radius 1 is 1.13 bits per heavy atom. The number of ether oxygens (including phenoxy) is 2. The van der Waals surface area contributed by atoms with E-state index in [1.54, 1.807) is 0 Å². The Hall–Kier alpha value is -0.160. The van der Waals surface area contributed by atoms with Gasteiger partial charge in [-0.25, -0.2) is 0 Å². The van der Waals surface area contributed by atoms with Crippen LogP contribution in [0.1, 0.15) is 13.8 Å². The van der Waals surface area contributed by atoms with Gasteiger partial charge in [0.25, 0.3) is 0 Å². The van der Waals surface area contributed by atoms with Gasteiger partial charge in [0.05, 0.1) is 32.5 Å². The van der Waals surface area contributed by atoms with Gasteiger partial charge in [-0.3, -0.25) is 4.90 Å². The summed E-state index contributed by atoms with van der Waals surface area (Å²) in [5.74, 6) is 0. The number of hydrogen-bond donors (Lipinski definition) is 1. The highest BCUT2D eigenvalue weighted by Crippen LogP contribution is 2.15. The van der Waals surface area contributed by atoms with Gasteiger partial charge in [0.2, 0.25) is 0 Å². The van der Waals surface area contributed by atoms with Gasteiger partial charge in [0.1, 0.15) is 0 Å². The third-order valence-corrected chi connectivity index (χ3v) is 3.11. The van der Waals surface area contributed by atoms with Gasteiger partial charge in [-0.2, -0.15) is 0 Å². The summed E-state index contributed by atoms with van der Waals surface area (Å²) in [5, 5.41) is 3.58. The van der Waals surface area contributed by atoms with Crippen LogP contribution in [-0.4, -0.2) is 62.5 Å². The molecule has 4 nitrogen and oxygen atoms in total. The molecule has 0 aromatic carbocycles. The topological polar surface area (TPSA) is 33.7 Å². The number of hydrogen-bond acceptors (Lipinski definition) is 4. The van der Waals surface area contributed by atoms with Crippen LogP contribution in [0.25, 0.3) is 0 Å². The highest BCUT2D eigenvalue weighted by atomic mass is 16.5. The number of nitrogens with zero attached hydrogens (tertiary/aromatic N) is 1. The van der Waals surface area contributed by atoms with E-state index in [1.165, 1.54) is 0 Å². The van der Waals surface area contributed by atoms with Crippen LogP contribution in [0.5, 0.6) is 0 Å². The zero-order valence-corrected chi connectivity index (χ0v) is 9.74. The fraction of sp³-hybridized carbons (Fsp3) is 1.00. The van der Waals surface area contributed by atoms with E-state index in [-0.39, 0.29) is 0 Å². The fourth-order valence-corrected chi connectivity index (χ4v) is 2.40. The Labute approximate surface area is 91.9 Å². The van der Waals surface area contributed by atoms with Gasteiger partial charge in [0, 0.05) is 25.2 Å². The molecule has 0 radical (unpaired) electrons. The molecule has 2 saturated heterocycles. The Morgan fingerprint density at radius 3 is 2.53 bits per heavy atom. The van der Waals surface area contributed by atoms with Crippen LogP contribution in [0.2, 0.25) is 0 Å². The molecule has 2 aliphatic rings. The van der Waals surface area contributed by atoms with Crippen molar-refractivity contribution in [1.82, 2.24) is 10.2 Å². The van der Waals surface area contributed by atoms with E-state index in [2.05, 4.69) is 24.1 Å². The summed E-state index contributed by atoms with van der Waals surface area (Å²) in [4.78, 5) is 2.50. The molecule has 4 heteroatoms. The smallest absolute Gasteiger partial charge is 0.0638 e. The summed E-state index contributed by atoms with van der Waals surface area (Å²) >= 11 is 0. The van der Waals surface area contributed by atoms with Crippen molar-refractivity contribution in [3.63, 3.8) is 0 Å². The molecular weight excluding hydrogens is 192 g/mol. The van der Waals surface area contributed by atoms with Crippen LogP contribution in [0.15, 0.2) is 0 Å². The molecule has 88 valence electrons. The minimum absolute atomic E-state index is 0.489. The van der Waals surface area contributed by atoms with Crippen LogP contribution in [0.4, 0.5) is 0 Å².